The fourth-order valence-corrected chi connectivity index (χ4v) is 2.66. The summed E-state index contributed by atoms with van der Waals surface area (Å²) in [6.45, 7) is 0. The van der Waals surface area contributed by atoms with Gasteiger partial charge in [-0.05, 0) is 41.5 Å². The smallest absolute Gasteiger partial charge is 0.349 e. The Balaban J connectivity index is 2.10. The second kappa shape index (κ2) is 11.4. The van der Waals surface area contributed by atoms with Crippen molar-refractivity contribution >= 4 is 30.0 Å². The standard InChI is InChI=1S/C22H20O13/c23-12-4-1-10(7-14(12)25)3-6-17(28)34-18(20(29)30)19(21(31)32)35-22(33)16(27)9-11-2-5-13(24)15(26)8-11/h1-8,16,18-19,23-27H,9H2,(H,29,30)(H,31,32)/b6-3+. The number of hydrogen-bond donors (Lipinski definition) is 7. The van der Waals surface area contributed by atoms with Crippen LogP contribution in [0.2, 0.25) is 0 Å². The molecule has 0 saturated carbocycles. The predicted molar refractivity (Wildman–Crippen MR) is 113 cm³/mol. The second-order valence-electron chi connectivity index (χ2n) is 7.02. The molecule has 3 unspecified atom stereocenters. The van der Waals surface area contributed by atoms with Gasteiger partial charge >= 0.3 is 23.9 Å². The van der Waals surface area contributed by atoms with E-state index in [9.17, 15) is 54.9 Å². The molecule has 186 valence electrons. The van der Waals surface area contributed by atoms with Gasteiger partial charge < -0.3 is 45.2 Å². The number of phenols is 4. The van der Waals surface area contributed by atoms with Crippen molar-refractivity contribution in [2.75, 3.05) is 0 Å². The molecule has 2 rings (SSSR count). The Hall–Kier alpha value is -4.78. The Kier molecular flexibility index (Phi) is 8.61. The van der Waals surface area contributed by atoms with Gasteiger partial charge in [-0.25, -0.2) is 19.2 Å². The molecule has 0 heterocycles. The van der Waals surface area contributed by atoms with E-state index in [1.54, 1.807) is 0 Å². The number of carboxylic acids is 2. The molecule has 0 saturated heterocycles. The normalized spacial score (nSPS) is 13.5. The maximum Gasteiger partial charge on any atom is 0.349 e. The highest BCUT2D eigenvalue weighted by Crippen LogP contribution is 2.26. The largest absolute Gasteiger partial charge is 0.504 e. The molecule has 13 nitrogen and oxygen atoms in total. The van der Waals surface area contributed by atoms with Crippen LogP contribution in [0.5, 0.6) is 23.0 Å². The van der Waals surface area contributed by atoms with E-state index in [2.05, 4.69) is 9.47 Å². The molecule has 2 aromatic rings. The molecule has 0 aliphatic carbocycles. The average Bonchev–Trinajstić information content (AvgIpc) is 2.78. The van der Waals surface area contributed by atoms with E-state index in [0.717, 1.165) is 30.3 Å². The first-order valence-electron chi connectivity index (χ1n) is 9.64. The van der Waals surface area contributed by atoms with Gasteiger partial charge in [-0.3, -0.25) is 0 Å². The third-order valence-electron chi connectivity index (χ3n) is 4.40. The molecule has 2 aromatic carbocycles. The van der Waals surface area contributed by atoms with Crippen LogP contribution in [0.4, 0.5) is 0 Å². The van der Waals surface area contributed by atoms with Crippen LogP contribution in [0.1, 0.15) is 11.1 Å². The summed E-state index contributed by atoms with van der Waals surface area (Å²) in [5.74, 6) is -8.77. The van der Waals surface area contributed by atoms with Crippen LogP contribution < -0.4 is 0 Å². The predicted octanol–water partition coefficient (Wildman–Crippen LogP) is 0.119. The number of carbonyl (C=O) groups excluding carboxylic acids is 2. The maximum absolute atomic E-state index is 12.2. The van der Waals surface area contributed by atoms with Gasteiger partial charge in [0.15, 0.2) is 29.1 Å². The fourth-order valence-electron chi connectivity index (χ4n) is 2.66. The molecular formula is C22H20O13. The van der Waals surface area contributed by atoms with E-state index in [-0.39, 0.29) is 11.1 Å². The minimum Gasteiger partial charge on any atom is -0.504 e. The molecule has 0 aromatic heterocycles. The number of phenolic OH excluding ortho intramolecular Hbond substituents is 4. The van der Waals surface area contributed by atoms with Gasteiger partial charge in [0.05, 0.1) is 0 Å². The molecule has 13 heteroatoms. The number of aliphatic hydroxyl groups is 1. The van der Waals surface area contributed by atoms with Crippen molar-refractivity contribution in [3.8, 4) is 23.0 Å². The van der Waals surface area contributed by atoms with Crippen molar-refractivity contribution in [3.63, 3.8) is 0 Å². The molecular weight excluding hydrogens is 472 g/mol. The molecule has 0 spiro atoms. The van der Waals surface area contributed by atoms with E-state index in [1.165, 1.54) is 12.1 Å². The topological polar surface area (TPSA) is 228 Å². The number of carbonyl (C=O) groups is 4. The number of aliphatic carboxylic acids is 2. The van der Waals surface area contributed by atoms with Crippen LogP contribution >= 0.6 is 0 Å². The zero-order valence-electron chi connectivity index (χ0n) is 17.6. The Morgan fingerprint density at radius 2 is 1.31 bits per heavy atom. The number of aromatic hydroxyl groups is 4. The van der Waals surface area contributed by atoms with Crippen molar-refractivity contribution in [3.05, 3.63) is 53.6 Å². The number of ether oxygens (including phenoxy) is 2. The minimum absolute atomic E-state index is 0.156. The SMILES string of the molecule is O=C(/C=C/c1ccc(O)c(O)c1)OC(C(=O)O)C(OC(=O)C(O)Cc1ccc(O)c(O)c1)C(=O)O. The first-order valence-corrected chi connectivity index (χ1v) is 9.64. The summed E-state index contributed by atoms with van der Waals surface area (Å²) in [4.78, 5) is 47.2. The van der Waals surface area contributed by atoms with Crippen LogP contribution in [0.15, 0.2) is 42.5 Å². The van der Waals surface area contributed by atoms with E-state index in [1.807, 2.05) is 0 Å². The zero-order chi connectivity index (χ0) is 26.3. The lowest BCUT2D eigenvalue weighted by atomic mass is 10.1. The van der Waals surface area contributed by atoms with Crippen molar-refractivity contribution in [1.29, 1.82) is 0 Å². The Morgan fingerprint density at radius 1 is 0.771 bits per heavy atom. The molecule has 35 heavy (non-hydrogen) atoms. The first-order chi connectivity index (χ1) is 16.4. The molecule has 0 fully saturated rings. The Labute approximate surface area is 196 Å². The Morgan fingerprint density at radius 3 is 1.86 bits per heavy atom. The van der Waals surface area contributed by atoms with Gasteiger partial charge in [0.25, 0.3) is 0 Å². The van der Waals surface area contributed by atoms with Crippen molar-refractivity contribution in [2.45, 2.75) is 24.7 Å². The highest BCUT2D eigenvalue weighted by Gasteiger charge is 2.41. The number of aliphatic hydroxyl groups excluding tert-OH is 1. The van der Waals surface area contributed by atoms with Gasteiger partial charge in [-0.2, -0.15) is 0 Å². The number of rotatable bonds is 10. The van der Waals surface area contributed by atoms with Gasteiger partial charge in [0.1, 0.15) is 0 Å². The van der Waals surface area contributed by atoms with E-state index >= 15 is 0 Å². The molecule has 7 N–H and O–H groups in total. The van der Waals surface area contributed by atoms with Gasteiger partial charge in [-0.1, -0.05) is 12.1 Å². The lowest BCUT2D eigenvalue weighted by Gasteiger charge is -2.21. The monoisotopic (exact) mass is 492 g/mol. The van der Waals surface area contributed by atoms with Crippen LogP contribution in [-0.4, -0.2) is 77.9 Å². The third-order valence-corrected chi connectivity index (χ3v) is 4.40. The molecule has 0 aliphatic heterocycles. The lowest BCUT2D eigenvalue weighted by Crippen LogP contribution is -2.47. The molecule has 3 atom stereocenters. The van der Waals surface area contributed by atoms with E-state index in [0.29, 0.717) is 6.08 Å². The quantitative estimate of drug-likeness (QED) is 0.133. The molecule has 0 radical (unpaired) electrons. The minimum atomic E-state index is -2.53. The van der Waals surface area contributed by atoms with Crippen LogP contribution in [0, 0.1) is 0 Å². The summed E-state index contributed by atoms with van der Waals surface area (Å²) in [5.41, 5.74) is 0.358. The summed E-state index contributed by atoms with van der Waals surface area (Å²) < 4.78 is 9.17. The number of hydrogen-bond acceptors (Lipinski definition) is 11. The zero-order valence-corrected chi connectivity index (χ0v) is 17.6. The van der Waals surface area contributed by atoms with E-state index < -0.39 is 71.6 Å². The number of esters is 2. The number of benzene rings is 2. The molecule has 0 aliphatic rings. The number of carboxylic acid groups (broad SMARTS) is 2. The third kappa shape index (κ3) is 7.36. The summed E-state index contributed by atoms with van der Waals surface area (Å²) in [6, 6.07) is 6.85. The Bertz CT molecular complexity index is 1150. The van der Waals surface area contributed by atoms with Crippen LogP contribution in [0.25, 0.3) is 6.08 Å². The maximum atomic E-state index is 12.2. The molecule has 0 bridgehead atoms. The van der Waals surface area contributed by atoms with Crippen molar-refractivity contribution in [1.82, 2.24) is 0 Å². The highest BCUT2D eigenvalue weighted by molar-refractivity contribution is 5.92. The summed E-state index contributed by atoms with van der Waals surface area (Å²) >= 11 is 0. The summed E-state index contributed by atoms with van der Waals surface area (Å²) in [6.07, 6.45) is -5.73. The average molecular weight is 492 g/mol. The van der Waals surface area contributed by atoms with Crippen molar-refractivity contribution in [2.24, 2.45) is 0 Å². The fraction of sp³-hybridized carbons (Fsp3) is 0.182. The lowest BCUT2D eigenvalue weighted by molar-refractivity contribution is -0.189. The van der Waals surface area contributed by atoms with Gasteiger partial charge in [-0.15, -0.1) is 0 Å². The van der Waals surface area contributed by atoms with Gasteiger partial charge in [0, 0.05) is 12.5 Å². The second-order valence-corrected chi connectivity index (χ2v) is 7.02. The highest BCUT2D eigenvalue weighted by atomic mass is 16.6. The van der Waals surface area contributed by atoms with Gasteiger partial charge in [0.2, 0.25) is 12.2 Å². The summed E-state index contributed by atoms with van der Waals surface area (Å²) in [5, 5.41) is 66.1. The first kappa shape index (κ1) is 26.5. The van der Waals surface area contributed by atoms with Crippen LogP contribution in [0.3, 0.4) is 0 Å². The van der Waals surface area contributed by atoms with Crippen LogP contribution in [-0.2, 0) is 35.1 Å². The van der Waals surface area contributed by atoms with Crippen molar-refractivity contribution < 1.29 is 64.4 Å². The molecule has 0 amide bonds. The van der Waals surface area contributed by atoms with E-state index in [4.69, 9.17) is 0 Å². The summed E-state index contributed by atoms with van der Waals surface area (Å²) in [7, 11) is 0.